The van der Waals surface area contributed by atoms with E-state index in [9.17, 15) is 4.79 Å². The highest BCUT2D eigenvalue weighted by Crippen LogP contribution is 2.23. The molecule has 1 heterocycles. The van der Waals surface area contributed by atoms with Crippen LogP contribution in [0.4, 0.5) is 0 Å². The van der Waals surface area contributed by atoms with Gasteiger partial charge in [-0.1, -0.05) is 11.6 Å². The number of nitrogens with one attached hydrogen (secondary N) is 2. The van der Waals surface area contributed by atoms with Crippen LogP contribution in [0.3, 0.4) is 0 Å². The quantitative estimate of drug-likeness (QED) is 0.802. The molecule has 1 aliphatic heterocycles. The minimum Gasteiger partial charge on any atom is -0.383 e. The molecule has 0 aromatic heterocycles. The maximum atomic E-state index is 12.2. The lowest BCUT2D eigenvalue weighted by Gasteiger charge is -2.29. The van der Waals surface area contributed by atoms with E-state index in [1.165, 1.54) is 0 Å². The number of carbonyl (C=O) groups is 1. The van der Waals surface area contributed by atoms with Crippen molar-refractivity contribution >= 4 is 45.8 Å². The Balaban J connectivity index is 0.00000220. The molecular formula is C14H19BrCl2N2O2. The number of benzene rings is 1. The third-order valence-electron chi connectivity index (χ3n) is 3.52. The molecule has 1 fully saturated rings. The summed E-state index contributed by atoms with van der Waals surface area (Å²) in [6.07, 6.45) is 2.10. The third kappa shape index (κ3) is 4.83. The second kappa shape index (κ2) is 8.34. The zero-order valence-electron chi connectivity index (χ0n) is 11.7. The fourth-order valence-electron chi connectivity index (χ4n) is 2.46. The maximum absolute atomic E-state index is 12.2. The van der Waals surface area contributed by atoms with Crippen LogP contribution in [0, 0.1) is 0 Å². The average Bonchev–Trinajstić information content (AvgIpc) is 2.89. The van der Waals surface area contributed by atoms with Crippen molar-refractivity contribution in [2.24, 2.45) is 0 Å². The first-order valence-electron chi connectivity index (χ1n) is 6.53. The molecule has 2 rings (SSSR count). The highest BCUT2D eigenvalue weighted by Gasteiger charge is 2.33. The lowest BCUT2D eigenvalue weighted by atomic mass is 9.98. The summed E-state index contributed by atoms with van der Waals surface area (Å²) < 4.78 is 6.04. The molecule has 118 valence electrons. The molecule has 21 heavy (non-hydrogen) atoms. The SMILES string of the molecule is COCC1(CNC(=O)c2ccc(Br)c(Cl)c2)CCCN1.Cl. The number of hydrogen-bond acceptors (Lipinski definition) is 3. The van der Waals surface area contributed by atoms with Gasteiger partial charge in [0.25, 0.3) is 5.91 Å². The van der Waals surface area contributed by atoms with Gasteiger partial charge in [-0.3, -0.25) is 4.79 Å². The van der Waals surface area contributed by atoms with Crippen molar-refractivity contribution < 1.29 is 9.53 Å². The Bertz CT molecular complexity index is 494. The Hall–Kier alpha value is -0.330. The zero-order chi connectivity index (χ0) is 14.6. The number of amides is 1. The zero-order valence-corrected chi connectivity index (χ0v) is 14.9. The van der Waals surface area contributed by atoms with E-state index in [0.29, 0.717) is 23.7 Å². The molecule has 0 spiro atoms. The van der Waals surface area contributed by atoms with Crippen LogP contribution < -0.4 is 10.6 Å². The monoisotopic (exact) mass is 396 g/mol. The van der Waals surface area contributed by atoms with Crippen molar-refractivity contribution in [1.82, 2.24) is 10.6 Å². The molecule has 2 N–H and O–H groups in total. The minimum atomic E-state index is -0.149. The lowest BCUT2D eigenvalue weighted by Crippen LogP contribution is -2.53. The van der Waals surface area contributed by atoms with Crippen molar-refractivity contribution in [2.45, 2.75) is 18.4 Å². The first kappa shape index (κ1) is 18.7. The van der Waals surface area contributed by atoms with Crippen molar-refractivity contribution in [3.05, 3.63) is 33.3 Å². The van der Waals surface area contributed by atoms with Crippen molar-refractivity contribution in [1.29, 1.82) is 0 Å². The number of methoxy groups -OCH3 is 1. The summed E-state index contributed by atoms with van der Waals surface area (Å²) in [5.74, 6) is -0.122. The molecule has 4 nitrogen and oxygen atoms in total. The van der Waals surface area contributed by atoms with Gasteiger partial charge in [0.15, 0.2) is 0 Å². The van der Waals surface area contributed by atoms with Crippen LogP contribution in [0.2, 0.25) is 5.02 Å². The van der Waals surface area contributed by atoms with E-state index in [-0.39, 0.29) is 23.9 Å². The maximum Gasteiger partial charge on any atom is 0.251 e. The molecule has 1 atom stereocenters. The molecule has 1 amide bonds. The van der Waals surface area contributed by atoms with Gasteiger partial charge in [0.05, 0.1) is 17.2 Å². The van der Waals surface area contributed by atoms with E-state index < -0.39 is 0 Å². The highest BCUT2D eigenvalue weighted by atomic mass is 79.9. The Morgan fingerprint density at radius 3 is 2.90 bits per heavy atom. The second-order valence-corrected chi connectivity index (χ2v) is 6.32. The third-order valence-corrected chi connectivity index (χ3v) is 4.75. The summed E-state index contributed by atoms with van der Waals surface area (Å²) in [6.45, 7) is 2.10. The molecule has 0 aliphatic carbocycles. The fourth-order valence-corrected chi connectivity index (χ4v) is 2.89. The van der Waals surface area contributed by atoms with Crippen LogP contribution in [0.1, 0.15) is 23.2 Å². The van der Waals surface area contributed by atoms with Gasteiger partial charge in [-0.25, -0.2) is 0 Å². The van der Waals surface area contributed by atoms with Gasteiger partial charge in [-0.15, -0.1) is 12.4 Å². The number of halogens is 3. The molecule has 0 radical (unpaired) electrons. The second-order valence-electron chi connectivity index (χ2n) is 5.06. The van der Waals surface area contributed by atoms with E-state index in [4.69, 9.17) is 16.3 Å². The van der Waals surface area contributed by atoms with Crippen LogP contribution in [0.15, 0.2) is 22.7 Å². The molecule has 1 aromatic rings. The summed E-state index contributed by atoms with van der Waals surface area (Å²) in [6, 6.07) is 5.18. The van der Waals surface area contributed by atoms with Crippen molar-refractivity contribution in [3.8, 4) is 0 Å². The predicted octanol–water partition coefficient (Wildman–Crippen LogP) is 3.02. The van der Waals surface area contributed by atoms with Gasteiger partial charge in [0.1, 0.15) is 0 Å². The van der Waals surface area contributed by atoms with Crippen LogP contribution in [-0.4, -0.2) is 38.3 Å². The van der Waals surface area contributed by atoms with E-state index >= 15 is 0 Å². The van der Waals surface area contributed by atoms with E-state index in [0.717, 1.165) is 23.9 Å². The molecule has 0 saturated carbocycles. The number of carbonyl (C=O) groups excluding carboxylic acids is 1. The largest absolute Gasteiger partial charge is 0.383 e. The van der Waals surface area contributed by atoms with Gasteiger partial charge < -0.3 is 15.4 Å². The van der Waals surface area contributed by atoms with E-state index in [2.05, 4.69) is 26.6 Å². The van der Waals surface area contributed by atoms with Gasteiger partial charge in [-0.05, 0) is 53.5 Å². The molecule has 1 aliphatic rings. The van der Waals surface area contributed by atoms with Gasteiger partial charge in [0, 0.05) is 23.7 Å². The van der Waals surface area contributed by atoms with Crippen LogP contribution in [0.25, 0.3) is 0 Å². The van der Waals surface area contributed by atoms with E-state index in [1.807, 2.05) is 0 Å². The predicted molar refractivity (Wildman–Crippen MR) is 90.6 cm³/mol. The lowest BCUT2D eigenvalue weighted by molar-refractivity contribution is 0.0892. The summed E-state index contributed by atoms with van der Waals surface area (Å²) >= 11 is 9.31. The summed E-state index contributed by atoms with van der Waals surface area (Å²) in [4.78, 5) is 12.2. The standard InChI is InChI=1S/C14H18BrClN2O2.ClH/c1-20-9-14(5-2-6-18-14)8-17-13(19)10-3-4-11(15)12(16)7-10;/h3-4,7,18H,2,5-6,8-9H2,1H3,(H,17,19);1H. The molecule has 1 saturated heterocycles. The first-order chi connectivity index (χ1) is 9.56. The fraction of sp³-hybridized carbons (Fsp3) is 0.500. The number of ether oxygens (including phenoxy) is 1. The Kier molecular flexibility index (Phi) is 7.44. The minimum absolute atomic E-state index is 0. The normalized spacial score (nSPS) is 20.9. The molecule has 1 aromatic carbocycles. The molecule has 1 unspecified atom stereocenters. The summed E-state index contributed by atoms with van der Waals surface area (Å²) in [7, 11) is 1.68. The molecular weight excluding hydrogens is 379 g/mol. The molecule has 7 heteroatoms. The topological polar surface area (TPSA) is 50.4 Å². The van der Waals surface area contributed by atoms with Crippen LogP contribution in [-0.2, 0) is 4.74 Å². The average molecular weight is 398 g/mol. The summed E-state index contributed by atoms with van der Waals surface area (Å²) in [5.41, 5.74) is 0.410. The van der Waals surface area contributed by atoms with E-state index in [1.54, 1.807) is 25.3 Å². The van der Waals surface area contributed by atoms with Crippen LogP contribution in [0.5, 0.6) is 0 Å². The smallest absolute Gasteiger partial charge is 0.251 e. The van der Waals surface area contributed by atoms with Gasteiger partial charge in [-0.2, -0.15) is 0 Å². The van der Waals surface area contributed by atoms with Crippen LogP contribution >= 0.6 is 39.9 Å². The van der Waals surface area contributed by atoms with Gasteiger partial charge in [0.2, 0.25) is 0 Å². The van der Waals surface area contributed by atoms with Gasteiger partial charge >= 0.3 is 0 Å². The van der Waals surface area contributed by atoms with Crippen molar-refractivity contribution in [3.63, 3.8) is 0 Å². The summed E-state index contributed by atoms with van der Waals surface area (Å²) in [5, 5.41) is 6.91. The first-order valence-corrected chi connectivity index (χ1v) is 7.71. The molecule has 0 bridgehead atoms. The number of rotatable bonds is 5. The highest BCUT2D eigenvalue weighted by molar-refractivity contribution is 9.10. The Morgan fingerprint density at radius 2 is 2.33 bits per heavy atom. The Morgan fingerprint density at radius 1 is 1.57 bits per heavy atom. The number of hydrogen-bond donors (Lipinski definition) is 2. The van der Waals surface area contributed by atoms with Crippen molar-refractivity contribution in [2.75, 3.05) is 26.8 Å². The Labute approximate surface area is 144 Å².